The number of hydrogen-bond acceptors (Lipinski definition) is 3. The second-order valence-electron chi connectivity index (χ2n) is 7.13. The van der Waals surface area contributed by atoms with Gasteiger partial charge in [-0.1, -0.05) is 32.0 Å². The lowest BCUT2D eigenvalue weighted by molar-refractivity contribution is 0.234. The number of guanidine groups is 1. The maximum Gasteiger partial charge on any atom is 0.191 e. The molecule has 2 atom stereocenters. The Hall–Kier alpha value is -1.75. The predicted octanol–water partition coefficient (Wildman–Crippen LogP) is 2.13. The van der Waals surface area contributed by atoms with Crippen molar-refractivity contribution >= 4 is 5.96 Å². The van der Waals surface area contributed by atoms with E-state index in [1.54, 1.807) is 0 Å². The quantitative estimate of drug-likeness (QED) is 0.593. The minimum Gasteiger partial charge on any atom is -0.488 e. The van der Waals surface area contributed by atoms with E-state index >= 15 is 0 Å². The van der Waals surface area contributed by atoms with Crippen LogP contribution in [0.25, 0.3) is 0 Å². The molecule has 2 N–H and O–H groups in total. The number of ether oxygens (including phenoxy) is 1. The Morgan fingerprint density at radius 1 is 1.29 bits per heavy atom. The van der Waals surface area contributed by atoms with Crippen molar-refractivity contribution in [1.29, 1.82) is 0 Å². The Labute approximate surface area is 146 Å². The molecule has 1 heterocycles. The highest BCUT2D eigenvalue weighted by atomic mass is 16.5. The van der Waals surface area contributed by atoms with Gasteiger partial charge >= 0.3 is 0 Å². The molecule has 1 aliphatic heterocycles. The lowest BCUT2D eigenvalue weighted by Crippen LogP contribution is -2.47. The maximum atomic E-state index is 5.96. The Balaban J connectivity index is 1.77. The van der Waals surface area contributed by atoms with Crippen LogP contribution in [0.3, 0.4) is 0 Å². The van der Waals surface area contributed by atoms with Gasteiger partial charge in [0, 0.05) is 26.1 Å². The van der Waals surface area contributed by atoms with Crippen LogP contribution in [0.1, 0.15) is 25.8 Å². The van der Waals surface area contributed by atoms with Gasteiger partial charge in [-0.3, -0.25) is 4.99 Å². The summed E-state index contributed by atoms with van der Waals surface area (Å²) in [6.07, 6.45) is 2.28. The highest BCUT2D eigenvalue weighted by molar-refractivity contribution is 5.79. The van der Waals surface area contributed by atoms with Gasteiger partial charge in [0.1, 0.15) is 11.9 Å². The molecule has 2 rings (SSSR count). The number of hydrogen-bond donors (Lipinski definition) is 2. The summed E-state index contributed by atoms with van der Waals surface area (Å²) >= 11 is 0. The average Bonchev–Trinajstić information content (AvgIpc) is 2.96. The van der Waals surface area contributed by atoms with Crippen molar-refractivity contribution in [1.82, 2.24) is 15.5 Å². The third kappa shape index (κ3) is 5.41. The first-order chi connectivity index (χ1) is 11.5. The van der Waals surface area contributed by atoms with E-state index in [2.05, 4.69) is 60.6 Å². The summed E-state index contributed by atoms with van der Waals surface area (Å²) in [5.41, 5.74) is 1.29. The van der Waals surface area contributed by atoms with E-state index in [9.17, 15) is 0 Å². The van der Waals surface area contributed by atoms with Crippen LogP contribution in [0.5, 0.6) is 5.75 Å². The number of para-hydroxylation sites is 1. The molecule has 0 bridgehead atoms. The second kappa shape index (κ2) is 8.92. The van der Waals surface area contributed by atoms with E-state index in [-0.39, 0.29) is 6.10 Å². The monoisotopic (exact) mass is 332 g/mol. The van der Waals surface area contributed by atoms with Crippen LogP contribution in [0.15, 0.2) is 29.3 Å². The normalized spacial score (nSPS) is 18.5. The smallest absolute Gasteiger partial charge is 0.191 e. The van der Waals surface area contributed by atoms with Gasteiger partial charge in [0.05, 0.1) is 6.54 Å². The summed E-state index contributed by atoms with van der Waals surface area (Å²) in [4.78, 5) is 6.60. The zero-order valence-electron chi connectivity index (χ0n) is 15.7. The first-order valence-corrected chi connectivity index (χ1v) is 8.85. The fraction of sp³-hybridized carbons (Fsp3) is 0.632. The number of fused-ring (bicyclic) bond motifs is 1. The Kier molecular flexibility index (Phi) is 6.91. The highest BCUT2D eigenvalue weighted by Gasteiger charge is 2.22. The molecular formula is C19H32N4O. The van der Waals surface area contributed by atoms with Crippen molar-refractivity contribution in [2.45, 2.75) is 38.8 Å². The maximum absolute atomic E-state index is 5.96. The molecule has 2 unspecified atom stereocenters. The summed E-state index contributed by atoms with van der Waals surface area (Å²) in [7, 11) is 6.08. The summed E-state index contributed by atoms with van der Waals surface area (Å²) in [5.74, 6) is 2.53. The molecule has 0 saturated heterocycles. The van der Waals surface area contributed by atoms with Gasteiger partial charge in [-0.05, 0) is 38.1 Å². The first kappa shape index (κ1) is 18.6. The molecule has 0 fully saturated rings. The second-order valence-corrected chi connectivity index (χ2v) is 7.13. The third-order valence-corrected chi connectivity index (χ3v) is 4.41. The number of rotatable bonds is 7. The fourth-order valence-electron chi connectivity index (χ4n) is 3.03. The van der Waals surface area contributed by atoms with E-state index in [1.807, 2.05) is 19.2 Å². The van der Waals surface area contributed by atoms with Crippen molar-refractivity contribution in [2.24, 2.45) is 10.9 Å². The molecule has 0 aliphatic carbocycles. The van der Waals surface area contributed by atoms with E-state index < -0.39 is 0 Å². The molecule has 0 spiro atoms. The van der Waals surface area contributed by atoms with Gasteiger partial charge in [0.15, 0.2) is 5.96 Å². The molecule has 1 aromatic rings. The van der Waals surface area contributed by atoms with Gasteiger partial charge in [-0.25, -0.2) is 0 Å². The number of likely N-dealkylation sites (N-methyl/N-ethyl adjacent to an activating group) is 1. The van der Waals surface area contributed by atoms with Crippen LogP contribution in [-0.2, 0) is 6.42 Å². The van der Waals surface area contributed by atoms with Crippen LogP contribution in [0.2, 0.25) is 0 Å². The largest absolute Gasteiger partial charge is 0.488 e. The standard InChI is InChI=1S/C19H32N4O/c1-14(2)10-16(23(4)5)12-21-19(20-3)22-13-17-11-15-8-6-7-9-18(15)24-17/h6-9,14,16-17H,10-13H2,1-5H3,(H2,20,21,22). The molecule has 1 aromatic carbocycles. The summed E-state index contributed by atoms with van der Waals surface area (Å²) in [6, 6.07) is 8.75. The highest BCUT2D eigenvalue weighted by Crippen LogP contribution is 2.27. The van der Waals surface area contributed by atoms with E-state index in [0.717, 1.165) is 37.6 Å². The Bertz CT molecular complexity index is 517. The number of benzene rings is 1. The zero-order chi connectivity index (χ0) is 17.5. The van der Waals surface area contributed by atoms with Crippen LogP contribution >= 0.6 is 0 Å². The van der Waals surface area contributed by atoms with Crippen LogP contribution in [0.4, 0.5) is 0 Å². The predicted molar refractivity (Wildman–Crippen MR) is 101 cm³/mol. The molecule has 24 heavy (non-hydrogen) atoms. The minimum absolute atomic E-state index is 0.168. The molecule has 0 radical (unpaired) electrons. The topological polar surface area (TPSA) is 48.9 Å². The van der Waals surface area contributed by atoms with Gasteiger partial charge in [-0.15, -0.1) is 0 Å². The molecule has 0 saturated carbocycles. The molecule has 0 aromatic heterocycles. The lowest BCUT2D eigenvalue weighted by atomic mass is 10.0. The van der Waals surface area contributed by atoms with E-state index in [0.29, 0.717) is 12.0 Å². The summed E-state index contributed by atoms with van der Waals surface area (Å²) in [5, 5.41) is 6.83. The molecule has 134 valence electrons. The van der Waals surface area contributed by atoms with E-state index in [4.69, 9.17) is 4.74 Å². The number of nitrogens with zero attached hydrogens (tertiary/aromatic N) is 2. The van der Waals surface area contributed by atoms with Crippen molar-refractivity contribution in [3.05, 3.63) is 29.8 Å². The van der Waals surface area contributed by atoms with Crippen LogP contribution in [0, 0.1) is 5.92 Å². The fourth-order valence-corrected chi connectivity index (χ4v) is 3.03. The van der Waals surface area contributed by atoms with Crippen molar-refractivity contribution in [3.63, 3.8) is 0 Å². The molecule has 5 nitrogen and oxygen atoms in total. The van der Waals surface area contributed by atoms with Gasteiger partial charge < -0.3 is 20.3 Å². The summed E-state index contributed by atoms with van der Waals surface area (Å²) in [6.45, 7) is 6.17. The SMILES string of the molecule is CN=C(NCC1Cc2ccccc2O1)NCC(CC(C)C)N(C)C. The average molecular weight is 332 g/mol. The van der Waals surface area contributed by atoms with Crippen molar-refractivity contribution in [3.8, 4) is 5.75 Å². The number of nitrogens with one attached hydrogen (secondary N) is 2. The summed E-state index contributed by atoms with van der Waals surface area (Å²) < 4.78 is 5.96. The van der Waals surface area contributed by atoms with Gasteiger partial charge in [0.2, 0.25) is 0 Å². The van der Waals surface area contributed by atoms with Crippen molar-refractivity contribution in [2.75, 3.05) is 34.2 Å². The third-order valence-electron chi connectivity index (χ3n) is 4.41. The molecular weight excluding hydrogens is 300 g/mol. The zero-order valence-corrected chi connectivity index (χ0v) is 15.7. The van der Waals surface area contributed by atoms with Crippen molar-refractivity contribution < 1.29 is 4.74 Å². The molecule has 0 amide bonds. The van der Waals surface area contributed by atoms with Gasteiger partial charge in [-0.2, -0.15) is 0 Å². The lowest BCUT2D eigenvalue weighted by Gasteiger charge is -2.27. The molecule has 1 aliphatic rings. The Morgan fingerprint density at radius 2 is 2.04 bits per heavy atom. The van der Waals surface area contributed by atoms with Gasteiger partial charge in [0.25, 0.3) is 0 Å². The Morgan fingerprint density at radius 3 is 2.67 bits per heavy atom. The van der Waals surface area contributed by atoms with E-state index in [1.165, 1.54) is 5.56 Å². The number of aliphatic imine (C=N–C) groups is 1. The van der Waals surface area contributed by atoms with Crippen LogP contribution in [-0.4, -0.2) is 57.2 Å². The van der Waals surface area contributed by atoms with Crippen LogP contribution < -0.4 is 15.4 Å². The minimum atomic E-state index is 0.168. The first-order valence-electron chi connectivity index (χ1n) is 8.85. The molecule has 5 heteroatoms.